The van der Waals surface area contributed by atoms with E-state index in [-0.39, 0.29) is 0 Å². The number of rotatable bonds is 4. The summed E-state index contributed by atoms with van der Waals surface area (Å²) in [6.45, 7) is 7.35. The van der Waals surface area contributed by atoms with Crippen LogP contribution < -0.4 is 5.32 Å². The van der Waals surface area contributed by atoms with Crippen LogP contribution in [0.3, 0.4) is 0 Å². The van der Waals surface area contributed by atoms with E-state index in [1.807, 2.05) is 23.0 Å². The Morgan fingerprint density at radius 2 is 2.00 bits per heavy atom. The molecule has 0 bridgehead atoms. The van der Waals surface area contributed by atoms with Crippen molar-refractivity contribution in [3.8, 4) is 5.69 Å². The lowest BCUT2D eigenvalue weighted by Gasteiger charge is -2.12. The number of hydrogen-bond donors (Lipinski definition) is 1. The molecular weight excluding hydrogens is 290 g/mol. The minimum absolute atomic E-state index is 0.333. The van der Waals surface area contributed by atoms with Crippen molar-refractivity contribution in [1.82, 2.24) is 15.1 Å². The SMILES string of the molecule is CCNC(C)c1cnn(-c2ccc(Br)cc2)c1C. The zero-order chi connectivity index (χ0) is 13.1. The highest BCUT2D eigenvalue weighted by Gasteiger charge is 2.13. The number of hydrogen-bond acceptors (Lipinski definition) is 2. The molecule has 0 radical (unpaired) electrons. The number of nitrogens with zero attached hydrogens (tertiary/aromatic N) is 2. The van der Waals surface area contributed by atoms with Crippen LogP contribution >= 0.6 is 15.9 Å². The molecule has 2 rings (SSSR count). The molecule has 0 aliphatic carbocycles. The molecule has 0 aliphatic heterocycles. The Morgan fingerprint density at radius 1 is 1.33 bits per heavy atom. The molecule has 1 aromatic carbocycles. The molecule has 1 heterocycles. The number of benzene rings is 1. The molecule has 1 unspecified atom stereocenters. The molecular formula is C14H18BrN3. The summed E-state index contributed by atoms with van der Waals surface area (Å²) >= 11 is 3.45. The van der Waals surface area contributed by atoms with Crippen LogP contribution in [0.5, 0.6) is 0 Å². The van der Waals surface area contributed by atoms with E-state index in [0.29, 0.717) is 6.04 Å². The van der Waals surface area contributed by atoms with Gasteiger partial charge in [-0.2, -0.15) is 5.10 Å². The van der Waals surface area contributed by atoms with Gasteiger partial charge in [0.05, 0.1) is 11.9 Å². The van der Waals surface area contributed by atoms with E-state index < -0.39 is 0 Å². The average Bonchev–Trinajstić information content (AvgIpc) is 2.73. The van der Waals surface area contributed by atoms with Crippen LogP contribution in [-0.4, -0.2) is 16.3 Å². The van der Waals surface area contributed by atoms with Crippen molar-refractivity contribution in [3.63, 3.8) is 0 Å². The Labute approximate surface area is 116 Å². The summed E-state index contributed by atoms with van der Waals surface area (Å²) in [4.78, 5) is 0. The van der Waals surface area contributed by atoms with Crippen LogP contribution in [0, 0.1) is 6.92 Å². The summed E-state index contributed by atoms with van der Waals surface area (Å²) < 4.78 is 3.06. The Morgan fingerprint density at radius 3 is 2.61 bits per heavy atom. The monoisotopic (exact) mass is 307 g/mol. The lowest BCUT2D eigenvalue weighted by Crippen LogP contribution is -2.18. The Hall–Kier alpha value is -1.13. The summed E-state index contributed by atoms with van der Waals surface area (Å²) in [7, 11) is 0. The van der Waals surface area contributed by atoms with E-state index in [0.717, 1.165) is 16.7 Å². The molecule has 4 heteroatoms. The number of nitrogens with one attached hydrogen (secondary N) is 1. The molecule has 3 nitrogen and oxygen atoms in total. The van der Waals surface area contributed by atoms with Gasteiger partial charge in [0.2, 0.25) is 0 Å². The van der Waals surface area contributed by atoms with Gasteiger partial charge < -0.3 is 5.32 Å². The van der Waals surface area contributed by atoms with E-state index in [1.54, 1.807) is 0 Å². The second-order valence-corrected chi connectivity index (χ2v) is 5.27. The maximum Gasteiger partial charge on any atom is 0.0649 e. The third-order valence-electron chi connectivity index (χ3n) is 3.10. The van der Waals surface area contributed by atoms with E-state index in [9.17, 15) is 0 Å². The Kier molecular flexibility index (Phi) is 4.19. The van der Waals surface area contributed by atoms with Crippen LogP contribution in [0.4, 0.5) is 0 Å². The van der Waals surface area contributed by atoms with Gasteiger partial charge in [-0.25, -0.2) is 4.68 Å². The first-order valence-corrected chi connectivity index (χ1v) is 6.96. The molecule has 0 aliphatic rings. The predicted molar refractivity (Wildman–Crippen MR) is 78.1 cm³/mol. The summed E-state index contributed by atoms with van der Waals surface area (Å²) in [5.41, 5.74) is 3.52. The van der Waals surface area contributed by atoms with Gasteiger partial charge >= 0.3 is 0 Å². The minimum Gasteiger partial charge on any atom is -0.310 e. The zero-order valence-corrected chi connectivity index (χ0v) is 12.5. The standard InChI is InChI=1S/C14H18BrN3/c1-4-16-10(2)14-9-17-18(11(14)3)13-7-5-12(15)6-8-13/h5-10,16H,4H2,1-3H3. The van der Waals surface area contributed by atoms with Crippen LogP contribution in [0.2, 0.25) is 0 Å². The normalized spacial score (nSPS) is 12.7. The van der Waals surface area contributed by atoms with Crippen LogP contribution in [0.15, 0.2) is 34.9 Å². The first kappa shape index (κ1) is 13.3. The highest BCUT2D eigenvalue weighted by Crippen LogP contribution is 2.21. The fraction of sp³-hybridized carbons (Fsp3) is 0.357. The average molecular weight is 308 g/mol. The van der Waals surface area contributed by atoms with Crippen LogP contribution in [0.1, 0.15) is 31.1 Å². The van der Waals surface area contributed by atoms with Crippen molar-refractivity contribution in [2.24, 2.45) is 0 Å². The second-order valence-electron chi connectivity index (χ2n) is 4.35. The Bertz CT molecular complexity index is 516. The van der Waals surface area contributed by atoms with Crippen LogP contribution in [-0.2, 0) is 0 Å². The Balaban J connectivity index is 2.33. The van der Waals surface area contributed by atoms with Gasteiger partial charge in [-0.15, -0.1) is 0 Å². The van der Waals surface area contributed by atoms with Crippen LogP contribution in [0.25, 0.3) is 5.69 Å². The maximum absolute atomic E-state index is 4.48. The van der Waals surface area contributed by atoms with E-state index >= 15 is 0 Å². The number of aromatic nitrogens is 2. The summed E-state index contributed by atoms with van der Waals surface area (Å²) in [6, 6.07) is 8.52. The smallest absolute Gasteiger partial charge is 0.0649 e. The van der Waals surface area contributed by atoms with Gasteiger partial charge in [0.1, 0.15) is 0 Å². The molecule has 1 aromatic heterocycles. The zero-order valence-electron chi connectivity index (χ0n) is 10.9. The molecule has 0 amide bonds. The van der Waals surface area contributed by atoms with Gasteiger partial charge in [0, 0.05) is 21.8 Å². The molecule has 0 saturated heterocycles. The molecule has 18 heavy (non-hydrogen) atoms. The fourth-order valence-electron chi connectivity index (χ4n) is 2.11. The lowest BCUT2D eigenvalue weighted by molar-refractivity contribution is 0.594. The molecule has 0 fully saturated rings. The second kappa shape index (κ2) is 5.67. The predicted octanol–water partition coefficient (Wildman–Crippen LogP) is 3.61. The van der Waals surface area contributed by atoms with Crippen molar-refractivity contribution in [2.45, 2.75) is 26.8 Å². The van der Waals surface area contributed by atoms with Crippen molar-refractivity contribution >= 4 is 15.9 Å². The van der Waals surface area contributed by atoms with Crippen molar-refractivity contribution in [2.75, 3.05) is 6.54 Å². The largest absolute Gasteiger partial charge is 0.310 e. The van der Waals surface area contributed by atoms with E-state index in [1.165, 1.54) is 11.3 Å². The van der Waals surface area contributed by atoms with E-state index in [2.05, 4.69) is 59.2 Å². The topological polar surface area (TPSA) is 29.9 Å². The molecule has 1 atom stereocenters. The van der Waals surface area contributed by atoms with Crippen molar-refractivity contribution < 1.29 is 0 Å². The third kappa shape index (κ3) is 2.65. The first-order chi connectivity index (χ1) is 8.63. The summed E-state index contributed by atoms with van der Waals surface area (Å²) in [5, 5.41) is 7.90. The van der Waals surface area contributed by atoms with Gasteiger partial charge in [-0.05, 0) is 44.7 Å². The van der Waals surface area contributed by atoms with E-state index in [4.69, 9.17) is 0 Å². The quantitative estimate of drug-likeness (QED) is 0.935. The van der Waals surface area contributed by atoms with Crippen molar-refractivity contribution in [1.29, 1.82) is 0 Å². The highest BCUT2D eigenvalue weighted by molar-refractivity contribution is 9.10. The number of halogens is 1. The molecule has 0 spiro atoms. The summed E-state index contributed by atoms with van der Waals surface area (Å²) in [6.07, 6.45) is 1.95. The van der Waals surface area contributed by atoms with Crippen molar-refractivity contribution in [3.05, 3.63) is 46.2 Å². The van der Waals surface area contributed by atoms with Gasteiger partial charge in [0.15, 0.2) is 0 Å². The third-order valence-corrected chi connectivity index (χ3v) is 3.62. The van der Waals surface area contributed by atoms with Gasteiger partial charge in [-0.1, -0.05) is 22.9 Å². The van der Waals surface area contributed by atoms with Gasteiger partial charge in [0.25, 0.3) is 0 Å². The molecule has 96 valence electrons. The highest BCUT2D eigenvalue weighted by atomic mass is 79.9. The first-order valence-electron chi connectivity index (χ1n) is 6.17. The molecule has 2 aromatic rings. The molecule has 0 saturated carbocycles. The maximum atomic E-state index is 4.48. The minimum atomic E-state index is 0.333. The lowest BCUT2D eigenvalue weighted by atomic mass is 10.1. The van der Waals surface area contributed by atoms with Gasteiger partial charge in [-0.3, -0.25) is 0 Å². The molecule has 1 N–H and O–H groups in total. The summed E-state index contributed by atoms with van der Waals surface area (Å²) in [5.74, 6) is 0. The fourth-order valence-corrected chi connectivity index (χ4v) is 2.37.